The van der Waals surface area contributed by atoms with E-state index in [9.17, 15) is 24.9 Å². The largest absolute Gasteiger partial charge is 0.508 e. The number of rotatable bonds is 8. The van der Waals surface area contributed by atoms with Crippen molar-refractivity contribution in [3.05, 3.63) is 29.3 Å². The Kier molecular flexibility index (Phi) is 6.53. The van der Waals surface area contributed by atoms with Gasteiger partial charge in [-0.05, 0) is 38.3 Å². The number of carboxylic acids is 2. The summed E-state index contributed by atoms with van der Waals surface area (Å²) in [6.07, 6.45) is 0.349. The van der Waals surface area contributed by atoms with Crippen LogP contribution in [0.2, 0.25) is 0 Å². The second-order valence-electron chi connectivity index (χ2n) is 6.03. The molecule has 1 aromatic carbocycles. The summed E-state index contributed by atoms with van der Waals surface area (Å²) in [5.74, 6) is -4.21. The molecule has 7 nitrogen and oxygen atoms in total. The first-order valence-electron chi connectivity index (χ1n) is 7.43. The van der Waals surface area contributed by atoms with Crippen molar-refractivity contribution in [2.45, 2.75) is 50.6 Å². The van der Waals surface area contributed by atoms with Crippen LogP contribution in [-0.2, 0) is 9.59 Å². The monoisotopic (exact) mass is 324 g/mol. The van der Waals surface area contributed by atoms with Crippen molar-refractivity contribution in [1.29, 1.82) is 0 Å². The molecule has 23 heavy (non-hydrogen) atoms. The van der Waals surface area contributed by atoms with Crippen molar-refractivity contribution in [3.63, 3.8) is 0 Å². The summed E-state index contributed by atoms with van der Waals surface area (Å²) in [7, 11) is 0. The van der Waals surface area contributed by atoms with E-state index in [1.165, 1.54) is 18.2 Å². The topological polar surface area (TPSA) is 147 Å². The molecule has 7 heteroatoms. The Bertz CT molecular complexity index is 572. The Labute approximate surface area is 134 Å². The third-order valence-corrected chi connectivity index (χ3v) is 3.64. The third-order valence-electron chi connectivity index (χ3n) is 3.64. The Morgan fingerprint density at radius 3 is 1.91 bits per heavy atom. The van der Waals surface area contributed by atoms with Gasteiger partial charge in [0.15, 0.2) is 0 Å². The molecule has 0 spiro atoms. The van der Waals surface area contributed by atoms with E-state index in [1.807, 2.05) is 0 Å². The molecule has 1 rings (SSSR count). The number of nitrogens with two attached hydrogens (primary N) is 2. The van der Waals surface area contributed by atoms with E-state index in [4.69, 9.17) is 11.5 Å². The number of carboxylic acid groups (broad SMARTS) is 2. The van der Waals surface area contributed by atoms with Crippen LogP contribution < -0.4 is 11.5 Å². The van der Waals surface area contributed by atoms with Gasteiger partial charge in [0.05, 0.1) is 11.8 Å². The SMILES string of the molecule is CC(N)CC(C(=O)O)c1ccc(O)c(C(CC(C)N)C(=O)O)c1. The van der Waals surface area contributed by atoms with Gasteiger partial charge in [0.1, 0.15) is 5.75 Å². The van der Waals surface area contributed by atoms with Gasteiger partial charge in [-0.3, -0.25) is 9.59 Å². The number of hydrogen-bond acceptors (Lipinski definition) is 5. The molecule has 0 aliphatic heterocycles. The average Bonchev–Trinajstić information content (AvgIpc) is 2.42. The average molecular weight is 324 g/mol. The zero-order valence-electron chi connectivity index (χ0n) is 13.3. The van der Waals surface area contributed by atoms with Gasteiger partial charge in [-0.15, -0.1) is 0 Å². The number of benzene rings is 1. The van der Waals surface area contributed by atoms with Gasteiger partial charge in [0.2, 0.25) is 0 Å². The molecule has 7 N–H and O–H groups in total. The van der Waals surface area contributed by atoms with Crippen molar-refractivity contribution in [2.24, 2.45) is 11.5 Å². The predicted molar refractivity (Wildman–Crippen MR) is 85.4 cm³/mol. The summed E-state index contributed by atoms with van der Waals surface area (Å²) in [5, 5.41) is 28.7. The summed E-state index contributed by atoms with van der Waals surface area (Å²) in [6.45, 7) is 3.38. The Hall–Kier alpha value is -2.12. The fourth-order valence-corrected chi connectivity index (χ4v) is 2.55. The standard InChI is InChI=1S/C16H24N2O5/c1-8(17)5-11(15(20)21)10-3-4-14(19)12(7-10)13(16(22)23)6-9(2)18/h3-4,7-9,11,13,19H,5-6,17-18H2,1-2H3,(H,20,21)(H,22,23). The molecular formula is C16H24N2O5. The molecule has 4 unspecified atom stereocenters. The molecule has 128 valence electrons. The number of aromatic hydroxyl groups is 1. The maximum absolute atomic E-state index is 11.5. The second-order valence-corrected chi connectivity index (χ2v) is 6.03. The number of phenolic OH excluding ortho intramolecular Hbond substituents is 1. The first-order valence-corrected chi connectivity index (χ1v) is 7.43. The quantitative estimate of drug-likeness (QED) is 0.482. The van der Waals surface area contributed by atoms with E-state index in [-0.39, 0.29) is 36.2 Å². The van der Waals surface area contributed by atoms with Crippen LogP contribution in [0.25, 0.3) is 0 Å². The summed E-state index contributed by atoms with van der Waals surface area (Å²) in [6, 6.07) is 3.52. The van der Waals surface area contributed by atoms with Gasteiger partial charge in [-0.25, -0.2) is 0 Å². The van der Waals surface area contributed by atoms with Crippen LogP contribution in [0.3, 0.4) is 0 Å². The summed E-state index contributed by atoms with van der Waals surface area (Å²) < 4.78 is 0. The van der Waals surface area contributed by atoms with Crippen LogP contribution in [-0.4, -0.2) is 39.3 Å². The molecular weight excluding hydrogens is 300 g/mol. The molecule has 0 saturated carbocycles. The summed E-state index contributed by atoms with van der Waals surface area (Å²) in [4.78, 5) is 22.9. The second kappa shape index (κ2) is 7.94. The van der Waals surface area contributed by atoms with Crippen LogP contribution in [0.5, 0.6) is 5.75 Å². The maximum Gasteiger partial charge on any atom is 0.311 e. The molecule has 0 aliphatic rings. The van der Waals surface area contributed by atoms with Crippen LogP contribution in [0, 0.1) is 0 Å². The highest BCUT2D eigenvalue weighted by atomic mass is 16.4. The zero-order valence-corrected chi connectivity index (χ0v) is 13.3. The molecule has 0 radical (unpaired) electrons. The fraction of sp³-hybridized carbons (Fsp3) is 0.500. The number of carbonyl (C=O) groups is 2. The molecule has 0 amide bonds. The fourth-order valence-electron chi connectivity index (χ4n) is 2.55. The lowest BCUT2D eigenvalue weighted by molar-refractivity contribution is -0.139. The number of aliphatic carboxylic acids is 2. The predicted octanol–water partition coefficient (Wildman–Crippen LogP) is 1.20. The third kappa shape index (κ3) is 5.22. The molecule has 1 aromatic rings. The Morgan fingerprint density at radius 1 is 1.00 bits per heavy atom. The number of hydrogen-bond donors (Lipinski definition) is 5. The van der Waals surface area contributed by atoms with Crippen molar-refractivity contribution in [1.82, 2.24) is 0 Å². The maximum atomic E-state index is 11.5. The van der Waals surface area contributed by atoms with Gasteiger partial charge in [0, 0.05) is 17.6 Å². The summed E-state index contributed by atoms with van der Waals surface area (Å²) in [5.41, 5.74) is 11.9. The smallest absolute Gasteiger partial charge is 0.311 e. The van der Waals surface area contributed by atoms with E-state index in [1.54, 1.807) is 13.8 Å². The van der Waals surface area contributed by atoms with E-state index in [2.05, 4.69) is 0 Å². The van der Waals surface area contributed by atoms with Gasteiger partial charge < -0.3 is 26.8 Å². The normalized spacial score (nSPS) is 16.3. The van der Waals surface area contributed by atoms with E-state index in [0.29, 0.717) is 5.56 Å². The molecule has 0 heterocycles. The van der Waals surface area contributed by atoms with E-state index >= 15 is 0 Å². The molecule has 0 aliphatic carbocycles. The summed E-state index contributed by atoms with van der Waals surface area (Å²) >= 11 is 0. The van der Waals surface area contributed by atoms with Gasteiger partial charge in [-0.1, -0.05) is 12.1 Å². The first-order chi connectivity index (χ1) is 10.6. The first kappa shape index (κ1) is 18.9. The molecule has 0 aromatic heterocycles. The molecule has 0 bridgehead atoms. The number of phenols is 1. The van der Waals surface area contributed by atoms with Crippen LogP contribution in [0.1, 0.15) is 49.7 Å². The molecule has 0 saturated heterocycles. The lowest BCUT2D eigenvalue weighted by Gasteiger charge is -2.20. The minimum Gasteiger partial charge on any atom is -0.508 e. The van der Waals surface area contributed by atoms with Gasteiger partial charge >= 0.3 is 11.9 Å². The highest BCUT2D eigenvalue weighted by Crippen LogP contribution is 2.33. The molecule has 4 atom stereocenters. The van der Waals surface area contributed by atoms with Crippen LogP contribution >= 0.6 is 0 Å². The Morgan fingerprint density at radius 2 is 1.48 bits per heavy atom. The van der Waals surface area contributed by atoms with Crippen LogP contribution in [0.15, 0.2) is 18.2 Å². The Balaban J connectivity index is 3.29. The highest BCUT2D eigenvalue weighted by Gasteiger charge is 2.27. The van der Waals surface area contributed by atoms with E-state index in [0.717, 1.165) is 0 Å². The van der Waals surface area contributed by atoms with Crippen LogP contribution in [0.4, 0.5) is 0 Å². The lowest BCUT2D eigenvalue weighted by Crippen LogP contribution is -2.25. The minimum atomic E-state index is -1.12. The molecule has 0 fully saturated rings. The zero-order chi connectivity index (χ0) is 17.7. The highest BCUT2D eigenvalue weighted by molar-refractivity contribution is 5.79. The van der Waals surface area contributed by atoms with Crippen molar-refractivity contribution in [2.75, 3.05) is 0 Å². The lowest BCUT2D eigenvalue weighted by atomic mass is 9.86. The minimum absolute atomic E-state index is 0.136. The van der Waals surface area contributed by atoms with Crippen molar-refractivity contribution < 1.29 is 24.9 Å². The van der Waals surface area contributed by atoms with Crippen molar-refractivity contribution >= 4 is 11.9 Å². The van der Waals surface area contributed by atoms with Crippen molar-refractivity contribution in [3.8, 4) is 5.75 Å². The van der Waals surface area contributed by atoms with E-state index < -0.39 is 23.8 Å². The van der Waals surface area contributed by atoms with Gasteiger partial charge in [-0.2, -0.15) is 0 Å². The van der Waals surface area contributed by atoms with Gasteiger partial charge in [0.25, 0.3) is 0 Å².